The summed E-state index contributed by atoms with van der Waals surface area (Å²) in [4.78, 5) is 14.2. The molecule has 3 heteroatoms. The van der Waals surface area contributed by atoms with Crippen LogP contribution in [0.15, 0.2) is 42.5 Å². The van der Waals surface area contributed by atoms with E-state index in [0.717, 1.165) is 30.3 Å². The summed E-state index contributed by atoms with van der Waals surface area (Å²) in [7, 11) is 0. The van der Waals surface area contributed by atoms with Crippen LogP contribution in [0.3, 0.4) is 0 Å². The molecule has 0 aliphatic carbocycles. The van der Waals surface area contributed by atoms with Crippen LogP contribution >= 0.6 is 0 Å². The third kappa shape index (κ3) is 2.54. The van der Waals surface area contributed by atoms with Crippen molar-refractivity contribution in [1.82, 2.24) is 4.90 Å². The molecule has 1 saturated heterocycles. The second kappa shape index (κ2) is 5.63. The van der Waals surface area contributed by atoms with Crippen LogP contribution < -0.4 is 0 Å². The van der Waals surface area contributed by atoms with Crippen LogP contribution in [-0.2, 0) is 11.2 Å². The first-order valence-electron chi connectivity index (χ1n) is 7.16. The molecule has 2 aromatic rings. The number of hydrogen-bond acceptors (Lipinski definition) is 2. The predicted molar refractivity (Wildman–Crippen MR) is 79.5 cm³/mol. The van der Waals surface area contributed by atoms with E-state index in [4.69, 9.17) is 0 Å². The number of carbonyl (C=O) groups is 1. The molecule has 1 heterocycles. The number of aliphatic hydroxyl groups is 1. The van der Waals surface area contributed by atoms with Crippen molar-refractivity contribution in [1.29, 1.82) is 0 Å². The number of amides is 1. The summed E-state index contributed by atoms with van der Waals surface area (Å²) in [5.41, 5.74) is 1.04. The molecule has 1 aliphatic heterocycles. The number of likely N-dealkylation sites (tertiary alicyclic amines) is 1. The van der Waals surface area contributed by atoms with E-state index in [1.165, 1.54) is 5.39 Å². The maximum atomic E-state index is 12.3. The molecule has 3 rings (SSSR count). The molecule has 1 amide bonds. The Morgan fingerprint density at radius 3 is 2.80 bits per heavy atom. The number of benzene rings is 2. The van der Waals surface area contributed by atoms with Crippen molar-refractivity contribution in [2.24, 2.45) is 0 Å². The topological polar surface area (TPSA) is 40.5 Å². The van der Waals surface area contributed by atoms with Crippen LogP contribution in [-0.4, -0.2) is 35.1 Å². The fraction of sp³-hybridized carbons (Fsp3) is 0.353. The first-order chi connectivity index (χ1) is 9.78. The van der Waals surface area contributed by atoms with E-state index in [9.17, 15) is 9.90 Å². The first kappa shape index (κ1) is 13.1. The normalized spacial score (nSPS) is 18.6. The maximum absolute atomic E-state index is 12.3. The third-order valence-electron chi connectivity index (χ3n) is 4.08. The average Bonchev–Trinajstić information content (AvgIpc) is 2.95. The molecule has 20 heavy (non-hydrogen) atoms. The highest BCUT2D eigenvalue weighted by Gasteiger charge is 2.27. The number of carbonyl (C=O) groups excluding carboxylic acids is 1. The van der Waals surface area contributed by atoms with Gasteiger partial charge in [0, 0.05) is 6.54 Å². The van der Waals surface area contributed by atoms with E-state index in [1.54, 1.807) is 0 Å². The number of hydrogen-bond donors (Lipinski definition) is 1. The summed E-state index contributed by atoms with van der Waals surface area (Å²) in [6.45, 7) is 0.848. The van der Waals surface area contributed by atoms with Gasteiger partial charge in [-0.2, -0.15) is 0 Å². The monoisotopic (exact) mass is 269 g/mol. The highest BCUT2D eigenvalue weighted by Crippen LogP contribution is 2.20. The quantitative estimate of drug-likeness (QED) is 0.929. The molecule has 1 N–H and O–H groups in total. The molecule has 1 aliphatic rings. The second-order valence-corrected chi connectivity index (χ2v) is 5.42. The van der Waals surface area contributed by atoms with Crippen LogP contribution in [0, 0.1) is 0 Å². The Morgan fingerprint density at radius 1 is 1.20 bits per heavy atom. The SMILES string of the molecule is O=C(Cc1ccc2ccccc2c1)N1CCC[C@H]1CO. The van der Waals surface area contributed by atoms with Gasteiger partial charge in [-0.15, -0.1) is 0 Å². The molecule has 1 fully saturated rings. The summed E-state index contributed by atoms with van der Waals surface area (Å²) in [5.74, 6) is 0.122. The zero-order valence-electron chi connectivity index (χ0n) is 11.5. The minimum atomic E-state index is 0.0166. The fourth-order valence-corrected chi connectivity index (χ4v) is 2.98. The van der Waals surface area contributed by atoms with Crippen LogP contribution in [0.25, 0.3) is 10.8 Å². The standard InChI is InChI=1S/C17H19NO2/c19-12-16-6-3-9-18(16)17(20)11-13-7-8-14-4-1-2-5-15(14)10-13/h1-2,4-5,7-8,10,16,19H,3,6,9,11-12H2/t16-/m0/s1. The van der Waals surface area contributed by atoms with E-state index < -0.39 is 0 Å². The average molecular weight is 269 g/mol. The van der Waals surface area contributed by atoms with Gasteiger partial charge in [-0.1, -0.05) is 42.5 Å². The zero-order chi connectivity index (χ0) is 13.9. The molecular weight excluding hydrogens is 250 g/mol. The van der Waals surface area contributed by atoms with Crippen LogP contribution in [0.4, 0.5) is 0 Å². The van der Waals surface area contributed by atoms with Gasteiger partial charge in [-0.25, -0.2) is 0 Å². The Labute approximate surface area is 118 Å². The second-order valence-electron chi connectivity index (χ2n) is 5.42. The Kier molecular flexibility index (Phi) is 3.70. The van der Waals surface area contributed by atoms with Crippen LogP contribution in [0.2, 0.25) is 0 Å². The number of nitrogens with zero attached hydrogens (tertiary/aromatic N) is 1. The van der Waals surface area contributed by atoms with Gasteiger partial charge in [0.15, 0.2) is 0 Å². The van der Waals surface area contributed by atoms with Gasteiger partial charge in [-0.05, 0) is 29.2 Å². The highest BCUT2D eigenvalue weighted by atomic mass is 16.3. The fourth-order valence-electron chi connectivity index (χ4n) is 2.98. The van der Waals surface area contributed by atoms with Crippen LogP contribution in [0.5, 0.6) is 0 Å². The van der Waals surface area contributed by atoms with Gasteiger partial charge in [0.05, 0.1) is 19.1 Å². The molecule has 0 bridgehead atoms. The lowest BCUT2D eigenvalue weighted by Gasteiger charge is -2.23. The highest BCUT2D eigenvalue weighted by molar-refractivity contribution is 5.85. The van der Waals surface area contributed by atoms with Crippen molar-refractivity contribution in [3.63, 3.8) is 0 Å². The van der Waals surface area contributed by atoms with Crippen molar-refractivity contribution < 1.29 is 9.90 Å². The summed E-state index contributed by atoms with van der Waals surface area (Å²) < 4.78 is 0. The van der Waals surface area contributed by atoms with E-state index in [1.807, 2.05) is 23.1 Å². The molecular formula is C17H19NO2. The third-order valence-corrected chi connectivity index (χ3v) is 4.08. The van der Waals surface area contributed by atoms with Crippen molar-refractivity contribution >= 4 is 16.7 Å². The molecule has 3 nitrogen and oxygen atoms in total. The maximum Gasteiger partial charge on any atom is 0.227 e. The molecule has 0 spiro atoms. The zero-order valence-corrected chi connectivity index (χ0v) is 11.5. The largest absolute Gasteiger partial charge is 0.394 e. The Balaban J connectivity index is 1.77. The van der Waals surface area contributed by atoms with Gasteiger partial charge < -0.3 is 10.0 Å². The van der Waals surface area contributed by atoms with Gasteiger partial charge in [0.2, 0.25) is 5.91 Å². The van der Waals surface area contributed by atoms with E-state index in [2.05, 4.69) is 24.3 Å². The van der Waals surface area contributed by atoms with Gasteiger partial charge >= 0.3 is 0 Å². The molecule has 104 valence electrons. The lowest BCUT2D eigenvalue weighted by molar-refractivity contribution is -0.131. The summed E-state index contributed by atoms with van der Waals surface area (Å²) in [6.07, 6.45) is 2.33. The van der Waals surface area contributed by atoms with E-state index in [-0.39, 0.29) is 18.6 Å². The van der Waals surface area contributed by atoms with Crippen molar-refractivity contribution in [3.05, 3.63) is 48.0 Å². The lowest BCUT2D eigenvalue weighted by atomic mass is 10.0. The Bertz CT molecular complexity index is 623. The van der Waals surface area contributed by atoms with Crippen LogP contribution in [0.1, 0.15) is 18.4 Å². The number of rotatable bonds is 3. The smallest absolute Gasteiger partial charge is 0.227 e. The molecule has 1 atom stereocenters. The molecule has 0 radical (unpaired) electrons. The summed E-state index contributed by atoms with van der Waals surface area (Å²) in [5, 5.41) is 11.7. The van der Waals surface area contributed by atoms with E-state index >= 15 is 0 Å². The summed E-state index contributed by atoms with van der Waals surface area (Å²) >= 11 is 0. The Morgan fingerprint density at radius 2 is 2.00 bits per heavy atom. The lowest BCUT2D eigenvalue weighted by Crippen LogP contribution is -2.38. The molecule has 0 unspecified atom stereocenters. The molecule has 2 aromatic carbocycles. The number of fused-ring (bicyclic) bond motifs is 1. The van der Waals surface area contributed by atoms with Crippen molar-refractivity contribution in [3.8, 4) is 0 Å². The minimum Gasteiger partial charge on any atom is -0.394 e. The van der Waals surface area contributed by atoms with Crippen molar-refractivity contribution in [2.75, 3.05) is 13.2 Å². The minimum absolute atomic E-state index is 0.0166. The van der Waals surface area contributed by atoms with Gasteiger partial charge in [0.25, 0.3) is 0 Å². The first-order valence-corrected chi connectivity index (χ1v) is 7.16. The number of aliphatic hydroxyl groups excluding tert-OH is 1. The van der Waals surface area contributed by atoms with E-state index in [0.29, 0.717) is 6.42 Å². The Hall–Kier alpha value is -1.87. The van der Waals surface area contributed by atoms with Gasteiger partial charge in [-0.3, -0.25) is 4.79 Å². The van der Waals surface area contributed by atoms with Crippen molar-refractivity contribution in [2.45, 2.75) is 25.3 Å². The molecule has 0 saturated carbocycles. The molecule has 0 aromatic heterocycles. The predicted octanol–water partition coefficient (Wildman–Crippen LogP) is 2.37. The summed E-state index contributed by atoms with van der Waals surface area (Å²) in [6, 6.07) is 14.3. The van der Waals surface area contributed by atoms with Gasteiger partial charge in [0.1, 0.15) is 0 Å².